The van der Waals surface area contributed by atoms with Crippen molar-refractivity contribution < 1.29 is 9.53 Å². The molecule has 4 rings (SSSR count). The van der Waals surface area contributed by atoms with Gasteiger partial charge in [0.2, 0.25) is 0 Å². The predicted molar refractivity (Wildman–Crippen MR) is 47.9 cm³/mol. The highest BCUT2D eigenvalue weighted by atomic mass is 16.5. The number of hydrogen-bond donors (Lipinski definition) is 0. The highest BCUT2D eigenvalue weighted by Gasteiger charge is 2.55. The van der Waals surface area contributed by atoms with Gasteiger partial charge in [-0.05, 0) is 31.6 Å². The predicted octanol–water partition coefficient (Wildman–Crippen LogP) is 1.76. The molecule has 4 aliphatic rings. The Morgan fingerprint density at radius 1 is 1.54 bits per heavy atom. The molecule has 1 saturated carbocycles. The number of esters is 1. The second kappa shape index (κ2) is 2.17. The number of carbonyl (C=O) groups is 1. The van der Waals surface area contributed by atoms with Gasteiger partial charge in [0.15, 0.2) is 0 Å². The third-order valence-electron chi connectivity index (χ3n) is 4.02. The van der Waals surface area contributed by atoms with Gasteiger partial charge in [0, 0.05) is 5.92 Å². The van der Waals surface area contributed by atoms with Crippen molar-refractivity contribution in [1.82, 2.24) is 0 Å². The van der Waals surface area contributed by atoms with Crippen LogP contribution in [0.15, 0.2) is 12.2 Å². The molecular weight excluding hydrogens is 164 g/mol. The van der Waals surface area contributed by atoms with Crippen molar-refractivity contribution in [2.45, 2.75) is 19.8 Å². The van der Waals surface area contributed by atoms with Crippen molar-refractivity contribution in [1.29, 1.82) is 0 Å². The van der Waals surface area contributed by atoms with Gasteiger partial charge in [-0.3, -0.25) is 4.79 Å². The molecule has 2 nitrogen and oxygen atoms in total. The number of hydrogen-bond acceptors (Lipinski definition) is 2. The van der Waals surface area contributed by atoms with Gasteiger partial charge < -0.3 is 4.74 Å². The van der Waals surface area contributed by atoms with Gasteiger partial charge in [0.05, 0.1) is 12.0 Å². The van der Waals surface area contributed by atoms with E-state index in [2.05, 4.69) is 19.1 Å². The molecule has 0 N–H and O–H groups in total. The monoisotopic (exact) mass is 178 g/mol. The molecule has 1 saturated heterocycles. The number of carbonyl (C=O) groups excluding carboxylic acids is 1. The minimum absolute atomic E-state index is 0.0304. The lowest BCUT2D eigenvalue weighted by Crippen LogP contribution is -2.53. The second-order valence-corrected chi connectivity index (χ2v) is 4.89. The molecule has 0 aromatic rings. The van der Waals surface area contributed by atoms with Gasteiger partial charge in [0.25, 0.3) is 0 Å². The average molecular weight is 178 g/mol. The van der Waals surface area contributed by atoms with E-state index in [0.29, 0.717) is 24.4 Å². The number of allylic oxidation sites excluding steroid dienone is 2. The molecule has 0 aromatic heterocycles. The first-order valence-corrected chi connectivity index (χ1v) is 5.06. The van der Waals surface area contributed by atoms with Crippen LogP contribution in [-0.4, -0.2) is 12.6 Å². The number of rotatable bonds is 0. The van der Waals surface area contributed by atoms with E-state index in [1.165, 1.54) is 6.42 Å². The van der Waals surface area contributed by atoms with Crippen LogP contribution >= 0.6 is 0 Å². The Balaban J connectivity index is 2.08. The van der Waals surface area contributed by atoms with E-state index in [-0.39, 0.29) is 11.4 Å². The molecule has 2 fully saturated rings. The lowest BCUT2D eigenvalue weighted by atomic mass is 9.55. The van der Waals surface area contributed by atoms with Crippen molar-refractivity contribution in [2.24, 2.45) is 23.2 Å². The lowest BCUT2D eigenvalue weighted by Gasteiger charge is -2.52. The van der Waals surface area contributed by atoms with E-state index in [1.54, 1.807) is 0 Å². The van der Waals surface area contributed by atoms with Crippen LogP contribution in [0.25, 0.3) is 0 Å². The quantitative estimate of drug-likeness (QED) is 0.417. The maximum absolute atomic E-state index is 11.7. The molecular formula is C11H14O2. The van der Waals surface area contributed by atoms with Gasteiger partial charge >= 0.3 is 5.97 Å². The molecule has 1 heterocycles. The van der Waals surface area contributed by atoms with Gasteiger partial charge in [-0.1, -0.05) is 12.2 Å². The van der Waals surface area contributed by atoms with Gasteiger partial charge in [-0.15, -0.1) is 0 Å². The summed E-state index contributed by atoms with van der Waals surface area (Å²) in [5.74, 6) is 1.72. The van der Waals surface area contributed by atoms with Crippen LogP contribution in [0.3, 0.4) is 0 Å². The van der Waals surface area contributed by atoms with Crippen LogP contribution in [0.4, 0.5) is 0 Å². The van der Waals surface area contributed by atoms with Crippen LogP contribution in [0.5, 0.6) is 0 Å². The number of ether oxygens (including phenoxy) is 1. The van der Waals surface area contributed by atoms with E-state index in [0.717, 1.165) is 6.42 Å². The van der Waals surface area contributed by atoms with Gasteiger partial charge in [0.1, 0.15) is 0 Å². The summed E-state index contributed by atoms with van der Waals surface area (Å²) in [6, 6.07) is 0. The summed E-state index contributed by atoms with van der Waals surface area (Å²) in [5.41, 5.74) is -0.194. The van der Waals surface area contributed by atoms with Gasteiger partial charge in [-0.25, -0.2) is 0 Å². The minimum atomic E-state index is -0.194. The Kier molecular flexibility index (Phi) is 1.27. The molecule has 13 heavy (non-hydrogen) atoms. The van der Waals surface area contributed by atoms with E-state index in [9.17, 15) is 4.79 Å². The SMILES string of the molecule is C[C@@]12C[C@H]3C=C[C@@H]1[C@H](COC2=O)C3. The first-order chi connectivity index (χ1) is 6.20. The van der Waals surface area contributed by atoms with E-state index >= 15 is 0 Å². The smallest absolute Gasteiger partial charge is 0.312 e. The van der Waals surface area contributed by atoms with Crippen molar-refractivity contribution >= 4 is 5.97 Å². The molecule has 0 spiro atoms. The molecule has 1 aliphatic heterocycles. The molecule has 3 aliphatic carbocycles. The summed E-state index contributed by atoms with van der Waals surface area (Å²) in [4.78, 5) is 11.7. The van der Waals surface area contributed by atoms with Crippen LogP contribution in [-0.2, 0) is 9.53 Å². The fraction of sp³-hybridized carbons (Fsp3) is 0.727. The zero-order valence-corrected chi connectivity index (χ0v) is 7.82. The maximum Gasteiger partial charge on any atom is 0.312 e. The minimum Gasteiger partial charge on any atom is -0.465 e. The van der Waals surface area contributed by atoms with Crippen LogP contribution in [0.1, 0.15) is 19.8 Å². The molecule has 2 heteroatoms. The van der Waals surface area contributed by atoms with E-state index in [4.69, 9.17) is 4.74 Å². The number of cyclic esters (lactones) is 1. The summed E-state index contributed by atoms with van der Waals surface area (Å²) >= 11 is 0. The van der Waals surface area contributed by atoms with Crippen molar-refractivity contribution in [3.05, 3.63) is 12.2 Å². The second-order valence-electron chi connectivity index (χ2n) is 4.89. The fourth-order valence-electron chi connectivity index (χ4n) is 3.35. The third-order valence-corrected chi connectivity index (χ3v) is 4.02. The van der Waals surface area contributed by atoms with Crippen LogP contribution < -0.4 is 0 Å². The van der Waals surface area contributed by atoms with Crippen LogP contribution in [0.2, 0.25) is 0 Å². The molecule has 0 unspecified atom stereocenters. The van der Waals surface area contributed by atoms with Crippen molar-refractivity contribution in [3.8, 4) is 0 Å². The summed E-state index contributed by atoms with van der Waals surface area (Å²) in [5, 5.41) is 0. The topological polar surface area (TPSA) is 26.3 Å². The Hall–Kier alpha value is -0.790. The summed E-state index contributed by atoms with van der Waals surface area (Å²) in [6.45, 7) is 2.72. The Bertz CT molecular complexity index is 294. The Morgan fingerprint density at radius 2 is 2.38 bits per heavy atom. The first-order valence-electron chi connectivity index (χ1n) is 5.06. The van der Waals surface area contributed by atoms with E-state index < -0.39 is 0 Å². The standard InChI is InChI=1S/C11H14O2/c1-11-5-7-2-3-9(11)8(4-7)6-13-10(11)12/h2-3,7-9H,4-6H2,1H3/t7-,8-,9+,11+/m0/s1. The molecule has 4 bridgehead atoms. The normalized spacial score (nSPS) is 52.1. The average Bonchev–Trinajstić information content (AvgIpc) is 2.13. The third kappa shape index (κ3) is 0.812. The first kappa shape index (κ1) is 7.60. The summed E-state index contributed by atoms with van der Waals surface area (Å²) in [6.07, 6.45) is 6.78. The van der Waals surface area contributed by atoms with E-state index in [1.807, 2.05) is 0 Å². The zero-order chi connectivity index (χ0) is 9.05. The van der Waals surface area contributed by atoms with Crippen molar-refractivity contribution in [2.75, 3.05) is 6.61 Å². The van der Waals surface area contributed by atoms with Crippen LogP contribution in [0, 0.1) is 23.2 Å². The Morgan fingerprint density at radius 3 is 3.08 bits per heavy atom. The molecule has 0 aromatic carbocycles. The Labute approximate surface area is 78.0 Å². The summed E-state index contributed by atoms with van der Waals surface area (Å²) in [7, 11) is 0. The maximum atomic E-state index is 11.7. The highest BCUT2D eigenvalue weighted by molar-refractivity contribution is 5.78. The molecule has 4 atom stereocenters. The molecule has 0 radical (unpaired) electrons. The fourth-order valence-corrected chi connectivity index (χ4v) is 3.35. The largest absolute Gasteiger partial charge is 0.465 e. The lowest BCUT2D eigenvalue weighted by molar-refractivity contribution is -0.178. The molecule has 70 valence electrons. The summed E-state index contributed by atoms with van der Waals surface area (Å²) < 4.78 is 5.23. The van der Waals surface area contributed by atoms with Gasteiger partial charge in [-0.2, -0.15) is 0 Å². The zero-order valence-electron chi connectivity index (χ0n) is 7.82. The van der Waals surface area contributed by atoms with Crippen molar-refractivity contribution in [3.63, 3.8) is 0 Å². The highest BCUT2D eigenvalue weighted by Crippen LogP contribution is 2.54. The molecule has 0 amide bonds.